The third kappa shape index (κ3) is 4.23. The third-order valence-corrected chi connectivity index (χ3v) is 5.34. The summed E-state index contributed by atoms with van der Waals surface area (Å²) in [5.41, 5.74) is 1.77. The Kier molecular flexibility index (Phi) is 5.87. The smallest absolute Gasteiger partial charge is 0.194 e. The van der Waals surface area contributed by atoms with Crippen molar-refractivity contribution in [2.75, 3.05) is 0 Å². The molecule has 0 radical (unpaired) electrons. The Morgan fingerprint density at radius 3 is 1.13 bits per heavy atom. The van der Waals surface area contributed by atoms with Crippen LogP contribution in [0.3, 0.4) is 0 Å². The molecule has 0 aliphatic carbocycles. The topological polar surface area (TPSA) is 51.2 Å². The second-order valence-electron chi connectivity index (χ2n) is 6.97. The van der Waals surface area contributed by atoms with Gasteiger partial charge in [-0.15, -0.1) is 0 Å². The van der Waals surface area contributed by atoms with Crippen LogP contribution < -0.4 is 0 Å². The van der Waals surface area contributed by atoms with Crippen molar-refractivity contribution in [2.45, 2.75) is 0 Å². The average Bonchev–Trinajstić information content (AvgIpc) is 2.84. The summed E-state index contributed by atoms with van der Waals surface area (Å²) in [6.45, 7) is 0. The molecule has 0 bridgehead atoms. The van der Waals surface area contributed by atoms with E-state index in [1.165, 1.54) is 12.1 Å². The van der Waals surface area contributed by atoms with Crippen molar-refractivity contribution >= 4 is 29.0 Å². The third-order valence-electron chi connectivity index (χ3n) is 4.93. The van der Waals surface area contributed by atoms with E-state index < -0.39 is 0 Å². The summed E-state index contributed by atoms with van der Waals surface area (Å²) in [4.78, 5) is 39.5. The lowest BCUT2D eigenvalue weighted by atomic mass is 9.92. The largest absolute Gasteiger partial charge is 0.289 e. The standard InChI is InChI=1S/C27H17ClO3/c28-24-22(26(30)19-12-6-2-7-13-19)16-21(25(29)18-10-4-1-5-11-18)17-23(24)27(31)20-14-8-3-9-15-20/h1-17H. The van der Waals surface area contributed by atoms with E-state index in [4.69, 9.17) is 11.6 Å². The average molecular weight is 425 g/mol. The zero-order valence-electron chi connectivity index (χ0n) is 16.4. The molecular weight excluding hydrogens is 408 g/mol. The lowest BCUT2D eigenvalue weighted by Gasteiger charge is -2.12. The number of halogens is 1. The van der Waals surface area contributed by atoms with Crippen LogP contribution in [0.15, 0.2) is 103 Å². The monoisotopic (exact) mass is 424 g/mol. The number of hydrogen-bond acceptors (Lipinski definition) is 3. The maximum Gasteiger partial charge on any atom is 0.194 e. The van der Waals surface area contributed by atoms with E-state index in [2.05, 4.69) is 0 Å². The van der Waals surface area contributed by atoms with Gasteiger partial charge in [0.2, 0.25) is 0 Å². The number of hydrogen-bond donors (Lipinski definition) is 0. The summed E-state index contributed by atoms with van der Waals surface area (Å²) in [5, 5.41) is 0.0346. The van der Waals surface area contributed by atoms with Crippen LogP contribution in [-0.4, -0.2) is 17.3 Å². The van der Waals surface area contributed by atoms with Gasteiger partial charge in [-0.2, -0.15) is 0 Å². The van der Waals surface area contributed by atoms with Crippen molar-refractivity contribution in [2.24, 2.45) is 0 Å². The van der Waals surface area contributed by atoms with E-state index in [1.807, 2.05) is 6.07 Å². The van der Waals surface area contributed by atoms with Crippen molar-refractivity contribution < 1.29 is 14.4 Å². The van der Waals surface area contributed by atoms with Crippen LogP contribution in [0.2, 0.25) is 5.02 Å². The van der Waals surface area contributed by atoms with Gasteiger partial charge in [-0.25, -0.2) is 0 Å². The molecule has 31 heavy (non-hydrogen) atoms. The van der Waals surface area contributed by atoms with Crippen LogP contribution in [0, 0.1) is 0 Å². The summed E-state index contributed by atoms with van der Waals surface area (Å²) in [6, 6.07) is 28.9. The Labute approximate surface area is 184 Å². The molecule has 4 rings (SSSR count). The molecule has 0 aromatic heterocycles. The van der Waals surface area contributed by atoms with Crippen LogP contribution in [0.5, 0.6) is 0 Å². The molecule has 0 aliphatic rings. The molecule has 0 spiro atoms. The van der Waals surface area contributed by atoms with Gasteiger partial charge < -0.3 is 0 Å². The summed E-state index contributed by atoms with van der Waals surface area (Å²) in [6.07, 6.45) is 0. The number of ketones is 3. The van der Waals surface area contributed by atoms with E-state index in [-0.39, 0.29) is 39.1 Å². The van der Waals surface area contributed by atoms with Crippen molar-refractivity contribution in [3.63, 3.8) is 0 Å². The first-order valence-electron chi connectivity index (χ1n) is 9.69. The van der Waals surface area contributed by atoms with Crippen LogP contribution in [0.25, 0.3) is 0 Å². The predicted octanol–water partition coefficient (Wildman–Crippen LogP) is 6.03. The van der Waals surface area contributed by atoms with Gasteiger partial charge in [0.1, 0.15) is 0 Å². The quantitative estimate of drug-likeness (QED) is 0.355. The maximum atomic E-state index is 13.2. The van der Waals surface area contributed by atoms with E-state index in [9.17, 15) is 14.4 Å². The van der Waals surface area contributed by atoms with Gasteiger partial charge in [-0.05, 0) is 12.1 Å². The van der Waals surface area contributed by atoms with Gasteiger partial charge in [0.25, 0.3) is 0 Å². The molecule has 0 atom stereocenters. The zero-order valence-corrected chi connectivity index (χ0v) is 17.2. The highest BCUT2D eigenvalue weighted by Crippen LogP contribution is 2.29. The molecule has 0 N–H and O–H groups in total. The fourth-order valence-corrected chi connectivity index (χ4v) is 3.61. The summed E-state index contributed by atoms with van der Waals surface area (Å²) in [5.74, 6) is -0.993. The molecule has 0 heterocycles. The minimum atomic E-state index is -0.351. The highest BCUT2D eigenvalue weighted by molar-refractivity contribution is 6.39. The van der Waals surface area contributed by atoms with E-state index in [1.54, 1.807) is 84.9 Å². The van der Waals surface area contributed by atoms with Crippen molar-refractivity contribution in [1.29, 1.82) is 0 Å². The van der Waals surface area contributed by atoms with E-state index >= 15 is 0 Å². The van der Waals surface area contributed by atoms with Crippen LogP contribution in [0.1, 0.15) is 47.8 Å². The van der Waals surface area contributed by atoms with Gasteiger partial charge in [0.05, 0.1) is 5.02 Å². The molecule has 4 aromatic rings. The van der Waals surface area contributed by atoms with Gasteiger partial charge in [0, 0.05) is 33.4 Å². The van der Waals surface area contributed by atoms with E-state index in [0.29, 0.717) is 16.7 Å². The maximum absolute atomic E-state index is 13.2. The van der Waals surface area contributed by atoms with Crippen molar-refractivity contribution in [1.82, 2.24) is 0 Å². The van der Waals surface area contributed by atoms with Crippen molar-refractivity contribution in [3.05, 3.63) is 142 Å². The molecular formula is C27H17ClO3. The fourth-order valence-electron chi connectivity index (χ4n) is 3.33. The Morgan fingerprint density at radius 1 is 0.452 bits per heavy atom. The molecule has 0 amide bonds. The Bertz CT molecular complexity index is 1190. The fraction of sp³-hybridized carbons (Fsp3) is 0. The molecule has 0 fully saturated rings. The van der Waals surface area contributed by atoms with Crippen LogP contribution in [0.4, 0.5) is 0 Å². The Morgan fingerprint density at radius 2 is 0.774 bits per heavy atom. The highest BCUT2D eigenvalue weighted by atomic mass is 35.5. The molecule has 0 unspecified atom stereocenters. The molecule has 0 saturated carbocycles. The second kappa shape index (κ2) is 8.90. The van der Waals surface area contributed by atoms with Crippen LogP contribution in [-0.2, 0) is 0 Å². The first kappa shape index (κ1) is 20.5. The first-order valence-corrected chi connectivity index (χ1v) is 10.1. The Hall–Kier alpha value is -3.82. The first-order chi connectivity index (χ1) is 15.1. The number of carbonyl (C=O) groups excluding carboxylic acids is 3. The zero-order chi connectivity index (χ0) is 21.8. The van der Waals surface area contributed by atoms with Crippen molar-refractivity contribution in [3.8, 4) is 0 Å². The molecule has 150 valence electrons. The number of rotatable bonds is 6. The predicted molar refractivity (Wildman–Crippen MR) is 121 cm³/mol. The Balaban J connectivity index is 1.89. The molecule has 4 heteroatoms. The normalized spacial score (nSPS) is 10.5. The SMILES string of the molecule is O=C(c1ccccc1)c1cc(C(=O)c2ccccc2)c(Cl)c(C(=O)c2ccccc2)c1. The minimum absolute atomic E-state index is 0.0346. The number of benzene rings is 4. The minimum Gasteiger partial charge on any atom is -0.289 e. The lowest BCUT2D eigenvalue weighted by Crippen LogP contribution is -2.12. The molecule has 3 nitrogen and oxygen atoms in total. The molecule has 4 aromatic carbocycles. The van der Waals surface area contributed by atoms with Gasteiger partial charge in [0.15, 0.2) is 17.3 Å². The number of carbonyl (C=O) groups is 3. The van der Waals surface area contributed by atoms with E-state index in [0.717, 1.165) is 0 Å². The van der Waals surface area contributed by atoms with Gasteiger partial charge in [-0.3, -0.25) is 14.4 Å². The molecule has 0 aliphatic heterocycles. The lowest BCUT2D eigenvalue weighted by molar-refractivity contribution is 0.103. The summed E-state index contributed by atoms with van der Waals surface area (Å²) < 4.78 is 0. The highest BCUT2D eigenvalue weighted by Gasteiger charge is 2.23. The van der Waals surface area contributed by atoms with Crippen LogP contribution >= 0.6 is 11.6 Å². The summed E-state index contributed by atoms with van der Waals surface area (Å²) in [7, 11) is 0. The summed E-state index contributed by atoms with van der Waals surface area (Å²) >= 11 is 6.57. The second-order valence-corrected chi connectivity index (χ2v) is 7.35. The van der Waals surface area contributed by atoms with Gasteiger partial charge in [-0.1, -0.05) is 103 Å². The molecule has 0 saturated heterocycles. The van der Waals surface area contributed by atoms with Gasteiger partial charge >= 0.3 is 0 Å².